The van der Waals surface area contributed by atoms with E-state index in [0.29, 0.717) is 25.1 Å². The molecular weight excluding hydrogens is 372 g/mol. The number of carbonyl (C=O) groups is 3. The maximum atomic E-state index is 12.5. The highest BCUT2D eigenvalue weighted by atomic mass is 16.5. The van der Waals surface area contributed by atoms with Crippen LogP contribution >= 0.6 is 0 Å². The molecular formula is C22H20N2O5. The molecule has 0 aromatic heterocycles. The van der Waals surface area contributed by atoms with E-state index >= 15 is 0 Å². The van der Waals surface area contributed by atoms with E-state index in [1.54, 1.807) is 6.08 Å². The molecule has 2 unspecified atom stereocenters. The third kappa shape index (κ3) is 3.22. The predicted octanol–water partition coefficient (Wildman–Crippen LogP) is 1.40. The number of allylic oxidation sites excluding steroid dienone is 2. The number of benzene rings is 1. The van der Waals surface area contributed by atoms with Gasteiger partial charge in [0.25, 0.3) is 0 Å². The zero-order valence-electron chi connectivity index (χ0n) is 15.7. The molecule has 0 bridgehead atoms. The topological polar surface area (TPSA) is 84.9 Å². The Bertz CT molecular complexity index is 981. The summed E-state index contributed by atoms with van der Waals surface area (Å²) in [5, 5.41) is 2.38. The van der Waals surface area contributed by atoms with Crippen molar-refractivity contribution in [2.24, 2.45) is 0 Å². The molecule has 7 nitrogen and oxygen atoms in total. The molecule has 1 aliphatic carbocycles. The normalized spacial score (nSPS) is 25.4. The molecule has 4 aliphatic rings. The minimum Gasteiger partial charge on any atom is -0.486 e. The Morgan fingerprint density at radius 2 is 2.03 bits per heavy atom. The lowest BCUT2D eigenvalue weighted by Gasteiger charge is -2.29. The van der Waals surface area contributed by atoms with Gasteiger partial charge < -0.3 is 14.4 Å². The first-order valence-electron chi connectivity index (χ1n) is 9.73. The second-order valence-corrected chi connectivity index (χ2v) is 7.59. The molecule has 1 N–H and O–H groups in total. The second kappa shape index (κ2) is 6.92. The summed E-state index contributed by atoms with van der Waals surface area (Å²) < 4.78 is 11.8. The minimum absolute atomic E-state index is 0.140. The van der Waals surface area contributed by atoms with Crippen LogP contribution in [-0.4, -0.2) is 47.8 Å². The van der Waals surface area contributed by atoms with Crippen molar-refractivity contribution >= 4 is 17.6 Å². The molecule has 5 rings (SSSR count). The van der Waals surface area contributed by atoms with Gasteiger partial charge in [-0.15, -0.1) is 0 Å². The van der Waals surface area contributed by atoms with Gasteiger partial charge in [0.05, 0.1) is 0 Å². The van der Waals surface area contributed by atoms with Crippen LogP contribution in [0.5, 0.6) is 5.75 Å². The van der Waals surface area contributed by atoms with Crippen molar-refractivity contribution in [1.29, 1.82) is 0 Å². The van der Waals surface area contributed by atoms with Gasteiger partial charge in [0.15, 0.2) is 5.76 Å². The summed E-state index contributed by atoms with van der Waals surface area (Å²) in [6.07, 6.45) is 6.48. The van der Waals surface area contributed by atoms with Gasteiger partial charge in [-0.3, -0.25) is 19.7 Å². The van der Waals surface area contributed by atoms with Crippen LogP contribution in [0.4, 0.5) is 0 Å². The molecule has 0 saturated carbocycles. The van der Waals surface area contributed by atoms with E-state index in [4.69, 9.17) is 9.47 Å². The molecule has 1 saturated heterocycles. The van der Waals surface area contributed by atoms with Crippen LogP contribution in [0.3, 0.4) is 0 Å². The second-order valence-electron chi connectivity index (χ2n) is 7.59. The van der Waals surface area contributed by atoms with Crippen molar-refractivity contribution in [3.63, 3.8) is 0 Å². The number of rotatable bonds is 4. The highest BCUT2D eigenvalue weighted by Gasteiger charge is 2.36. The van der Waals surface area contributed by atoms with Crippen molar-refractivity contribution < 1.29 is 23.9 Å². The summed E-state index contributed by atoms with van der Waals surface area (Å²) in [4.78, 5) is 38.0. The molecule has 1 aromatic carbocycles. The summed E-state index contributed by atoms with van der Waals surface area (Å²) in [7, 11) is 0. The van der Waals surface area contributed by atoms with Crippen molar-refractivity contribution in [3.05, 3.63) is 65.1 Å². The quantitative estimate of drug-likeness (QED) is 0.780. The fourth-order valence-electron chi connectivity index (χ4n) is 4.19. The Morgan fingerprint density at radius 3 is 2.86 bits per heavy atom. The van der Waals surface area contributed by atoms with Gasteiger partial charge in [0, 0.05) is 31.2 Å². The van der Waals surface area contributed by atoms with Crippen molar-refractivity contribution in [2.75, 3.05) is 13.2 Å². The third-order valence-corrected chi connectivity index (χ3v) is 5.64. The van der Waals surface area contributed by atoms with Gasteiger partial charge in [0.2, 0.25) is 17.6 Å². The summed E-state index contributed by atoms with van der Waals surface area (Å²) >= 11 is 0. The first-order chi connectivity index (χ1) is 14.1. The highest BCUT2D eigenvalue weighted by molar-refractivity contribution is 6.06. The molecule has 0 radical (unpaired) electrons. The lowest BCUT2D eigenvalue weighted by atomic mass is 10.00. The van der Waals surface area contributed by atoms with Gasteiger partial charge in [-0.05, 0) is 35.8 Å². The van der Waals surface area contributed by atoms with Crippen LogP contribution in [0.2, 0.25) is 0 Å². The predicted molar refractivity (Wildman–Crippen MR) is 103 cm³/mol. The SMILES string of the molecule is O=C1CCC(N2C=C3C=CC(=O)C(OCC4Cc5ccccc5O4)=C3C2)C(=O)N1. The lowest BCUT2D eigenvalue weighted by molar-refractivity contribution is -0.136. The highest BCUT2D eigenvalue weighted by Crippen LogP contribution is 2.33. The number of carbonyl (C=O) groups excluding carboxylic acids is 3. The van der Waals surface area contributed by atoms with Gasteiger partial charge in [-0.2, -0.15) is 0 Å². The summed E-state index contributed by atoms with van der Waals surface area (Å²) in [6, 6.07) is 7.45. The first kappa shape index (κ1) is 17.7. The van der Waals surface area contributed by atoms with E-state index < -0.39 is 6.04 Å². The van der Waals surface area contributed by atoms with E-state index in [0.717, 1.165) is 28.9 Å². The van der Waals surface area contributed by atoms with Gasteiger partial charge in [-0.1, -0.05) is 18.2 Å². The number of ether oxygens (including phenoxy) is 2. The zero-order valence-corrected chi connectivity index (χ0v) is 15.7. The van der Waals surface area contributed by atoms with Crippen molar-refractivity contribution in [3.8, 4) is 5.75 Å². The smallest absolute Gasteiger partial charge is 0.249 e. The molecule has 148 valence electrons. The molecule has 1 aromatic rings. The number of imide groups is 1. The minimum atomic E-state index is -0.421. The maximum Gasteiger partial charge on any atom is 0.249 e. The van der Waals surface area contributed by atoms with Crippen LogP contribution in [0.15, 0.2) is 59.5 Å². The monoisotopic (exact) mass is 392 g/mol. The number of nitrogens with one attached hydrogen (secondary N) is 1. The largest absolute Gasteiger partial charge is 0.486 e. The summed E-state index contributed by atoms with van der Waals surface area (Å²) in [5.41, 5.74) is 2.77. The number of hydrogen-bond acceptors (Lipinski definition) is 6. The maximum absolute atomic E-state index is 12.5. The average molecular weight is 392 g/mol. The van der Waals surface area contributed by atoms with Gasteiger partial charge in [0.1, 0.15) is 24.5 Å². The fourth-order valence-corrected chi connectivity index (χ4v) is 4.19. The number of fused-ring (bicyclic) bond motifs is 2. The fraction of sp³-hybridized carbons (Fsp3) is 0.318. The Morgan fingerprint density at radius 1 is 1.17 bits per heavy atom. The van der Waals surface area contributed by atoms with E-state index in [1.807, 2.05) is 35.4 Å². The average Bonchev–Trinajstić information content (AvgIpc) is 3.31. The number of ketones is 1. The Labute approximate surface area is 167 Å². The van der Waals surface area contributed by atoms with E-state index in [1.165, 1.54) is 6.08 Å². The number of piperidine rings is 1. The van der Waals surface area contributed by atoms with Crippen LogP contribution in [0.1, 0.15) is 18.4 Å². The number of amides is 2. The van der Waals surface area contributed by atoms with Crippen molar-refractivity contribution in [1.82, 2.24) is 10.2 Å². The summed E-state index contributed by atoms with van der Waals surface area (Å²) in [5.74, 6) is 0.448. The standard InChI is InChI=1S/C22H20N2O5/c25-18-7-5-14-10-24(17-6-8-20(26)23-22(17)27)11-16(14)21(18)28-12-15-9-13-3-1-2-4-19(13)29-15/h1-5,7,10,15,17H,6,8-9,11-12H2,(H,23,26,27). The first-order valence-corrected chi connectivity index (χ1v) is 9.73. The van der Waals surface area contributed by atoms with E-state index in [9.17, 15) is 14.4 Å². The van der Waals surface area contributed by atoms with Gasteiger partial charge in [-0.25, -0.2) is 0 Å². The molecule has 2 amide bonds. The summed E-state index contributed by atoms with van der Waals surface area (Å²) in [6.45, 7) is 0.678. The molecule has 1 fully saturated rings. The Hall–Kier alpha value is -3.35. The Kier molecular flexibility index (Phi) is 4.23. The molecule has 3 heterocycles. The molecule has 7 heteroatoms. The number of para-hydroxylation sites is 1. The molecule has 2 atom stereocenters. The van der Waals surface area contributed by atoms with Crippen molar-refractivity contribution in [2.45, 2.75) is 31.4 Å². The van der Waals surface area contributed by atoms with E-state index in [-0.39, 0.29) is 30.3 Å². The van der Waals surface area contributed by atoms with Crippen LogP contribution in [0, 0.1) is 0 Å². The molecule has 29 heavy (non-hydrogen) atoms. The van der Waals surface area contributed by atoms with E-state index in [2.05, 4.69) is 5.32 Å². The zero-order chi connectivity index (χ0) is 20.0. The van der Waals surface area contributed by atoms with Crippen LogP contribution in [-0.2, 0) is 25.5 Å². The molecule has 0 spiro atoms. The molecule has 3 aliphatic heterocycles. The van der Waals surface area contributed by atoms with Crippen LogP contribution < -0.4 is 10.1 Å². The number of nitrogens with zero attached hydrogens (tertiary/aromatic N) is 1. The van der Waals surface area contributed by atoms with Crippen LogP contribution in [0.25, 0.3) is 0 Å². The Balaban J connectivity index is 1.30. The lowest BCUT2D eigenvalue weighted by Crippen LogP contribution is -2.50. The third-order valence-electron chi connectivity index (χ3n) is 5.64. The van der Waals surface area contributed by atoms with Gasteiger partial charge >= 0.3 is 0 Å². The number of hydrogen-bond donors (Lipinski definition) is 1.